The number of benzene rings is 2. The van der Waals surface area contributed by atoms with Gasteiger partial charge in [0.1, 0.15) is 0 Å². The number of nitrogens with one attached hydrogen (secondary N) is 2. The summed E-state index contributed by atoms with van der Waals surface area (Å²) in [5.41, 5.74) is 4.72. The molecule has 0 saturated carbocycles. The van der Waals surface area contributed by atoms with E-state index in [-0.39, 0.29) is 0 Å². The van der Waals surface area contributed by atoms with E-state index in [9.17, 15) is 0 Å². The van der Waals surface area contributed by atoms with E-state index < -0.39 is 0 Å². The van der Waals surface area contributed by atoms with Crippen LogP contribution in [0.25, 0.3) is 0 Å². The van der Waals surface area contributed by atoms with Crippen LogP contribution in [0.5, 0.6) is 0 Å². The van der Waals surface area contributed by atoms with Gasteiger partial charge in [0.05, 0.1) is 15.7 Å². The SMILES string of the molecule is Clc1c(Br)ccc(NCc2cccc3c2NCC3)c1Cl. The fraction of sp³-hybridized carbons (Fsp3) is 0.200. The first-order valence-electron chi connectivity index (χ1n) is 6.39. The molecule has 0 aliphatic carbocycles. The summed E-state index contributed by atoms with van der Waals surface area (Å²) in [5, 5.41) is 7.86. The highest BCUT2D eigenvalue weighted by atomic mass is 79.9. The first kappa shape index (κ1) is 14.1. The standard InChI is InChI=1S/C15H13BrCl2N2/c16-11-4-5-12(14(18)13(11)17)20-8-10-3-1-2-9-6-7-19-15(9)10/h1-5,19-20H,6-8H2. The molecular weight excluding hydrogens is 359 g/mol. The Labute approximate surface area is 136 Å². The van der Waals surface area contributed by atoms with E-state index in [4.69, 9.17) is 23.2 Å². The van der Waals surface area contributed by atoms with Crippen molar-refractivity contribution in [1.29, 1.82) is 0 Å². The quantitative estimate of drug-likeness (QED) is 0.712. The molecule has 0 aromatic heterocycles. The van der Waals surface area contributed by atoms with Gasteiger partial charge in [-0.25, -0.2) is 0 Å². The Kier molecular flexibility index (Phi) is 4.11. The molecule has 2 aromatic rings. The van der Waals surface area contributed by atoms with Gasteiger partial charge in [0.2, 0.25) is 0 Å². The van der Waals surface area contributed by atoms with Gasteiger partial charge >= 0.3 is 0 Å². The second kappa shape index (κ2) is 5.84. The summed E-state index contributed by atoms with van der Waals surface area (Å²) in [7, 11) is 0. The van der Waals surface area contributed by atoms with Gasteiger partial charge in [0.25, 0.3) is 0 Å². The molecule has 5 heteroatoms. The lowest BCUT2D eigenvalue weighted by molar-refractivity contribution is 1.11. The maximum atomic E-state index is 6.24. The van der Waals surface area contributed by atoms with Crippen LogP contribution in [0.1, 0.15) is 11.1 Å². The van der Waals surface area contributed by atoms with E-state index in [0.29, 0.717) is 16.6 Å². The van der Waals surface area contributed by atoms with E-state index in [1.54, 1.807) is 0 Å². The number of para-hydroxylation sites is 1. The molecule has 0 amide bonds. The number of halogens is 3. The largest absolute Gasteiger partial charge is 0.384 e. The Morgan fingerprint density at radius 3 is 2.85 bits per heavy atom. The van der Waals surface area contributed by atoms with Crippen molar-refractivity contribution < 1.29 is 0 Å². The molecule has 0 atom stereocenters. The fourth-order valence-electron chi connectivity index (χ4n) is 2.41. The third-order valence-electron chi connectivity index (χ3n) is 3.44. The van der Waals surface area contributed by atoms with Crippen molar-refractivity contribution in [3.63, 3.8) is 0 Å². The Balaban J connectivity index is 1.81. The van der Waals surface area contributed by atoms with Crippen LogP contribution in [0.15, 0.2) is 34.8 Å². The summed E-state index contributed by atoms with van der Waals surface area (Å²) in [4.78, 5) is 0. The van der Waals surface area contributed by atoms with Crippen molar-refractivity contribution in [2.45, 2.75) is 13.0 Å². The number of rotatable bonds is 3. The summed E-state index contributed by atoms with van der Waals surface area (Å²) in [5.74, 6) is 0. The average molecular weight is 372 g/mol. The van der Waals surface area contributed by atoms with E-state index in [0.717, 1.165) is 23.1 Å². The molecule has 20 heavy (non-hydrogen) atoms. The van der Waals surface area contributed by atoms with Crippen LogP contribution in [0.4, 0.5) is 11.4 Å². The predicted molar refractivity (Wildman–Crippen MR) is 90.1 cm³/mol. The third kappa shape index (κ3) is 2.62. The second-order valence-corrected chi connectivity index (χ2v) is 6.31. The van der Waals surface area contributed by atoms with E-state index in [1.165, 1.54) is 16.8 Å². The minimum atomic E-state index is 0.535. The molecule has 3 rings (SSSR count). The van der Waals surface area contributed by atoms with Crippen molar-refractivity contribution >= 4 is 50.5 Å². The maximum absolute atomic E-state index is 6.24. The zero-order chi connectivity index (χ0) is 14.1. The van der Waals surface area contributed by atoms with E-state index in [1.807, 2.05) is 12.1 Å². The molecule has 0 unspecified atom stereocenters. The molecule has 0 radical (unpaired) electrons. The van der Waals surface area contributed by atoms with E-state index >= 15 is 0 Å². The molecule has 0 saturated heterocycles. The van der Waals surface area contributed by atoms with Crippen molar-refractivity contribution in [1.82, 2.24) is 0 Å². The number of hydrogen-bond acceptors (Lipinski definition) is 2. The molecule has 2 aromatic carbocycles. The van der Waals surface area contributed by atoms with Crippen LogP contribution in [-0.2, 0) is 13.0 Å². The summed E-state index contributed by atoms with van der Waals surface area (Å²) in [6, 6.07) is 10.2. The van der Waals surface area contributed by atoms with Crippen LogP contribution in [-0.4, -0.2) is 6.54 Å². The van der Waals surface area contributed by atoms with Crippen LogP contribution in [0, 0.1) is 0 Å². The third-order valence-corrected chi connectivity index (χ3v) is 5.21. The summed E-state index contributed by atoms with van der Waals surface area (Å²) >= 11 is 15.7. The molecular formula is C15H13BrCl2N2. The summed E-state index contributed by atoms with van der Waals surface area (Å²) in [6.45, 7) is 1.73. The zero-order valence-electron chi connectivity index (χ0n) is 10.6. The molecule has 2 N–H and O–H groups in total. The number of fused-ring (bicyclic) bond motifs is 1. The van der Waals surface area contributed by atoms with Crippen molar-refractivity contribution in [3.8, 4) is 0 Å². The first-order valence-corrected chi connectivity index (χ1v) is 7.93. The zero-order valence-corrected chi connectivity index (χ0v) is 13.7. The van der Waals surface area contributed by atoms with Crippen LogP contribution in [0.3, 0.4) is 0 Å². The van der Waals surface area contributed by atoms with Crippen LogP contribution < -0.4 is 10.6 Å². The molecule has 2 nitrogen and oxygen atoms in total. The molecule has 0 fully saturated rings. The molecule has 1 aliphatic heterocycles. The molecule has 1 aliphatic rings. The van der Waals surface area contributed by atoms with Gasteiger partial charge in [-0.15, -0.1) is 0 Å². The predicted octanol–water partition coefficient (Wildman–Crippen LogP) is 5.34. The lowest BCUT2D eigenvalue weighted by Gasteiger charge is -2.13. The lowest BCUT2D eigenvalue weighted by Crippen LogP contribution is -2.03. The average Bonchev–Trinajstić information content (AvgIpc) is 2.93. The highest BCUT2D eigenvalue weighted by molar-refractivity contribution is 9.10. The number of hydrogen-bond donors (Lipinski definition) is 2. The monoisotopic (exact) mass is 370 g/mol. The smallest absolute Gasteiger partial charge is 0.0835 e. The highest BCUT2D eigenvalue weighted by Gasteiger charge is 2.14. The van der Waals surface area contributed by atoms with Gasteiger partial charge in [0.15, 0.2) is 0 Å². The van der Waals surface area contributed by atoms with Crippen molar-refractivity contribution in [2.75, 3.05) is 17.2 Å². The van der Waals surface area contributed by atoms with Crippen LogP contribution >= 0.6 is 39.1 Å². The normalized spacial score (nSPS) is 12.9. The van der Waals surface area contributed by atoms with Gasteiger partial charge in [-0.1, -0.05) is 41.4 Å². The Hall–Kier alpha value is -0.900. The lowest BCUT2D eigenvalue weighted by atomic mass is 10.1. The minimum Gasteiger partial charge on any atom is -0.384 e. The van der Waals surface area contributed by atoms with Gasteiger partial charge < -0.3 is 10.6 Å². The Bertz CT molecular complexity index is 659. The van der Waals surface area contributed by atoms with Gasteiger partial charge in [-0.2, -0.15) is 0 Å². The molecule has 0 spiro atoms. The first-order chi connectivity index (χ1) is 9.66. The topological polar surface area (TPSA) is 24.1 Å². The highest BCUT2D eigenvalue weighted by Crippen LogP contribution is 2.36. The second-order valence-electron chi connectivity index (χ2n) is 4.70. The maximum Gasteiger partial charge on any atom is 0.0835 e. The Morgan fingerprint density at radius 1 is 1.15 bits per heavy atom. The Morgan fingerprint density at radius 2 is 2.00 bits per heavy atom. The minimum absolute atomic E-state index is 0.535. The molecule has 0 bridgehead atoms. The van der Waals surface area contributed by atoms with Crippen molar-refractivity contribution in [3.05, 3.63) is 56.0 Å². The van der Waals surface area contributed by atoms with Gasteiger partial charge in [-0.3, -0.25) is 0 Å². The molecule has 104 valence electrons. The fourth-order valence-corrected chi connectivity index (χ4v) is 3.25. The van der Waals surface area contributed by atoms with Gasteiger partial charge in [0, 0.05) is 23.2 Å². The number of anilines is 2. The van der Waals surface area contributed by atoms with Crippen LogP contribution in [0.2, 0.25) is 10.0 Å². The summed E-state index contributed by atoms with van der Waals surface area (Å²) in [6.07, 6.45) is 1.09. The van der Waals surface area contributed by atoms with E-state index in [2.05, 4.69) is 44.8 Å². The van der Waals surface area contributed by atoms with Gasteiger partial charge in [-0.05, 0) is 45.6 Å². The van der Waals surface area contributed by atoms with Crippen molar-refractivity contribution in [2.24, 2.45) is 0 Å². The molecule has 1 heterocycles. The summed E-state index contributed by atoms with van der Waals surface area (Å²) < 4.78 is 0.803.